The van der Waals surface area contributed by atoms with E-state index in [1.54, 1.807) is 11.3 Å². The van der Waals surface area contributed by atoms with Gasteiger partial charge < -0.3 is 5.11 Å². The van der Waals surface area contributed by atoms with Crippen LogP contribution in [0.25, 0.3) is 0 Å². The Morgan fingerprint density at radius 3 is 2.67 bits per heavy atom. The van der Waals surface area contributed by atoms with Gasteiger partial charge in [-0.2, -0.15) is 5.10 Å². The van der Waals surface area contributed by atoms with Crippen LogP contribution in [-0.2, 0) is 4.79 Å². The van der Waals surface area contributed by atoms with Gasteiger partial charge in [-0.3, -0.25) is 20.1 Å². The third kappa shape index (κ3) is 3.00. The topological polar surface area (TPSA) is 77.3 Å². The maximum Gasteiger partial charge on any atom is 0.305 e. The monoisotopic (exact) mass is 402 g/mol. The Morgan fingerprint density at radius 2 is 2.00 bits per heavy atom. The van der Waals surface area contributed by atoms with Gasteiger partial charge in [0.15, 0.2) is 0 Å². The van der Waals surface area contributed by atoms with Crippen molar-refractivity contribution in [3.05, 3.63) is 50.9 Å². The van der Waals surface area contributed by atoms with E-state index in [-0.39, 0.29) is 12.6 Å². The van der Waals surface area contributed by atoms with Gasteiger partial charge in [0.05, 0.1) is 12.1 Å². The number of amidine groups is 1. The zero-order valence-corrected chi connectivity index (χ0v) is 16.7. The predicted molar refractivity (Wildman–Crippen MR) is 109 cm³/mol. The number of aliphatic carboxylic acids is 1. The van der Waals surface area contributed by atoms with Crippen molar-refractivity contribution in [3.8, 4) is 0 Å². The van der Waals surface area contributed by atoms with Crippen LogP contribution in [0.2, 0.25) is 5.02 Å². The molecule has 1 aromatic heterocycles. The lowest BCUT2D eigenvalue weighted by Gasteiger charge is -2.27. The largest absolute Gasteiger partial charge is 0.481 e. The molecule has 1 aromatic carbocycles. The second-order valence-corrected chi connectivity index (χ2v) is 8.36. The van der Waals surface area contributed by atoms with Gasteiger partial charge >= 0.3 is 5.97 Å². The summed E-state index contributed by atoms with van der Waals surface area (Å²) in [5.41, 5.74) is 7.00. The molecule has 8 heteroatoms. The Balaban J connectivity index is 1.96. The fraction of sp³-hybridized carbons (Fsp3) is 0.316. The van der Waals surface area contributed by atoms with Crippen LogP contribution in [0.5, 0.6) is 0 Å². The first-order valence-electron chi connectivity index (χ1n) is 8.61. The Hall–Kier alpha value is -2.38. The first kappa shape index (κ1) is 18.0. The van der Waals surface area contributed by atoms with Crippen LogP contribution < -0.4 is 10.3 Å². The molecular formula is C19H19ClN4O2S. The lowest BCUT2D eigenvalue weighted by Crippen LogP contribution is -2.47. The molecule has 0 amide bonds. The molecule has 0 bridgehead atoms. The predicted octanol–water partition coefficient (Wildman–Crippen LogP) is 3.78. The second-order valence-electron chi connectivity index (χ2n) is 6.72. The molecule has 6 nitrogen and oxygen atoms in total. The van der Waals surface area contributed by atoms with E-state index >= 15 is 0 Å². The normalized spacial score (nSPS) is 21.0. The molecule has 3 heterocycles. The van der Waals surface area contributed by atoms with Crippen molar-refractivity contribution in [1.82, 2.24) is 5.43 Å². The number of nitrogens with zero attached hydrogens (tertiary/aromatic N) is 3. The Kier molecular flexibility index (Phi) is 4.44. The highest BCUT2D eigenvalue weighted by Gasteiger charge is 2.40. The number of carboxylic acids is 1. The maximum atomic E-state index is 11.5. The third-order valence-electron chi connectivity index (χ3n) is 4.97. The summed E-state index contributed by atoms with van der Waals surface area (Å²) in [6.45, 7) is 6.10. The molecule has 27 heavy (non-hydrogen) atoms. The summed E-state index contributed by atoms with van der Waals surface area (Å²) < 4.78 is 0. The number of hydrogen-bond donors (Lipinski definition) is 2. The molecule has 4 rings (SSSR count). The summed E-state index contributed by atoms with van der Waals surface area (Å²) in [7, 11) is 0. The zero-order chi connectivity index (χ0) is 19.3. The highest BCUT2D eigenvalue weighted by atomic mass is 35.5. The van der Waals surface area contributed by atoms with Gasteiger partial charge in [0.2, 0.25) is 0 Å². The number of aryl methyl sites for hydroxylation is 1. The van der Waals surface area contributed by atoms with Gasteiger partial charge in [-0.25, -0.2) is 0 Å². The number of fused-ring (bicyclic) bond motifs is 3. The first-order valence-corrected chi connectivity index (χ1v) is 9.81. The summed E-state index contributed by atoms with van der Waals surface area (Å²) in [6.07, 6.45) is -0.400. The van der Waals surface area contributed by atoms with Crippen LogP contribution in [0.4, 0.5) is 5.00 Å². The number of rotatable bonds is 3. The number of hydrogen-bond acceptors (Lipinski definition) is 6. The summed E-state index contributed by atoms with van der Waals surface area (Å²) in [5.74, 6) is -0.0749. The fourth-order valence-corrected chi connectivity index (χ4v) is 4.89. The molecule has 0 radical (unpaired) electrons. The van der Waals surface area contributed by atoms with Crippen molar-refractivity contribution in [2.24, 2.45) is 10.1 Å². The molecule has 140 valence electrons. The van der Waals surface area contributed by atoms with E-state index in [0.29, 0.717) is 5.02 Å². The highest BCUT2D eigenvalue weighted by molar-refractivity contribution is 7.17. The molecule has 2 atom stereocenters. The van der Waals surface area contributed by atoms with E-state index in [2.05, 4.69) is 29.3 Å². The average Bonchev–Trinajstić information content (AvgIpc) is 3.08. The van der Waals surface area contributed by atoms with E-state index in [1.165, 1.54) is 4.88 Å². The molecule has 2 aliphatic rings. The molecule has 0 spiro atoms. The fourth-order valence-electron chi connectivity index (χ4n) is 3.53. The van der Waals surface area contributed by atoms with Crippen molar-refractivity contribution in [3.63, 3.8) is 0 Å². The number of nitrogens with one attached hydrogen (secondary N) is 1. The molecule has 1 unspecified atom stereocenters. The maximum absolute atomic E-state index is 11.5. The second kappa shape index (κ2) is 6.65. The van der Waals surface area contributed by atoms with E-state index in [1.807, 2.05) is 31.2 Å². The van der Waals surface area contributed by atoms with Gasteiger partial charge in [0.25, 0.3) is 0 Å². The van der Waals surface area contributed by atoms with E-state index in [0.717, 1.165) is 33.2 Å². The number of benzene rings is 1. The number of carboxylic acid groups (broad SMARTS) is 1. The van der Waals surface area contributed by atoms with Crippen LogP contribution >= 0.6 is 22.9 Å². The van der Waals surface area contributed by atoms with Crippen molar-refractivity contribution in [2.75, 3.05) is 4.90 Å². The minimum Gasteiger partial charge on any atom is -0.481 e. The number of anilines is 1. The number of halogens is 1. The Bertz CT molecular complexity index is 980. The number of hydrazone groups is 1. The van der Waals surface area contributed by atoms with Crippen LogP contribution in [0.1, 0.15) is 34.9 Å². The van der Waals surface area contributed by atoms with Gasteiger partial charge in [-0.15, -0.1) is 11.3 Å². The summed E-state index contributed by atoms with van der Waals surface area (Å²) >= 11 is 7.75. The van der Waals surface area contributed by atoms with Crippen molar-refractivity contribution < 1.29 is 9.90 Å². The van der Waals surface area contributed by atoms with Crippen molar-refractivity contribution in [1.29, 1.82) is 0 Å². The van der Waals surface area contributed by atoms with Crippen LogP contribution in [-0.4, -0.2) is 34.8 Å². The van der Waals surface area contributed by atoms with Crippen LogP contribution in [0.3, 0.4) is 0 Å². The van der Waals surface area contributed by atoms with Gasteiger partial charge in [0, 0.05) is 21.0 Å². The van der Waals surface area contributed by atoms with E-state index < -0.39 is 12.0 Å². The minimum atomic E-state index is -0.885. The van der Waals surface area contributed by atoms with Crippen LogP contribution in [0, 0.1) is 13.8 Å². The lowest BCUT2D eigenvalue weighted by molar-refractivity contribution is -0.137. The van der Waals surface area contributed by atoms with E-state index in [4.69, 9.17) is 16.6 Å². The number of aliphatic imine (C=N–C) groups is 1. The van der Waals surface area contributed by atoms with Crippen LogP contribution in [0.15, 0.2) is 34.4 Å². The van der Waals surface area contributed by atoms with Crippen molar-refractivity contribution in [2.45, 2.75) is 39.4 Å². The summed E-state index contributed by atoms with van der Waals surface area (Å²) in [4.78, 5) is 19.7. The number of thiophene rings is 1. The van der Waals surface area contributed by atoms with Gasteiger partial charge in [-0.05, 0) is 38.5 Å². The molecular weight excluding hydrogens is 384 g/mol. The summed E-state index contributed by atoms with van der Waals surface area (Å²) in [5, 5.41) is 15.5. The quantitative estimate of drug-likeness (QED) is 0.818. The number of carbonyl (C=O) groups is 1. The molecule has 0 fully saturated rings. The average molecular weight is 403 g/mol. The van der Waals surface area contributed by atoms with Gasteiger partial charge in [-0.1, -0.05) is 23.7 Å². The standard InChI is InChI=1S/C19H19ClN4O2S/c1-9-10(2)27-19-16(9)17(12-4-6-13(20)7-5-12)21-14(8-15(25)26)18-23-22-11(3)24(18)19/h4-7,14,18,23H,8H2,1-3H3,(H,25,26)/t14-,18?/m0/s1. The molecule has 0 aliphatic carbocycles. The molecule has 2 aromatic rings. The first-order chi connectivity index (χ1) is 12.9. The Morgan fingerprint density at radius 1 is 1.30 bits per heavy atom. The van der Waals surface area contributed by atoms with Crippen molar-refractivity contribution >= 4 is 45.5 Å². The van der Waals surface area contributed by atoms with Gasteiger partial charge in [0.1, 0.15) is 23.0 Å². The highest BCUT2D eigenvalue weighted by Crippen LogP contribution is 2.42. The minimum absolute atomic E-state index is 0.0823. The molecule has 2 N–H and O–H groups in total. The Labute approximate surface area is 166 Å². The zero-order valence-electron chi connectivity index (χ0n) is 15.2. The molecule has 2 aliphatic heterocycles. The molecule has 0 saturated carbocycles. The lowest BCUT2D eigenvalue weighted by atomic mass is 9.99. The van der Waals surface area contributed by atoms with E-state index in [9.17, 15) is 9.90 Å². The third-order valence-corrected chi connectivity index (χ3v) is 6.43. The molecule has 0 saturated heterocycles. The smallest absolute Gasteiger partial charge is 0.305 e. The SMILES string of the molecule is CC1=NNC2[C@H](CC(=O)O)N=C(c3ccc(Cl)cc3)c3c(sc(C)c3C)N12. The summed E-state index contributed by atoms with van der Waals surface area (Å²) in [6, 6.07) is 7.04.